The van der Waals surface area contributed by atoms with Gasteiger partial charge in [0.25, 0.3) is 11.8 Å². The molecule has 4 rings (SSSR count). The van der Waals surface area contributed by atoms with E-state index < -0.39 is 0 Å². The van der Waals surface area contributed by atoms with Crippen molar-refractivity contribution >= 4 is 34.8 Å². The summed E-state index contributed by atoms with van der Waals surface area (Å²) in [6, 6.07) is 19.4. The molecule has 8 heteroatoms. The summed E-state index contributed by atoms with van der Waals surface area (Å²) in [5.74, 6) is 1.57. The van der Waals surface area contributed by atoms with Gasteiger partial charge >= 0.3 is 0 Å². The van der Waals surface area contributed by atoms with Crippen molar-refractivity contribution in [3.63, 3.8) is 0 Å². The van der Waals surface area contributed by atoms with Crippen LogP contribution in [-0.2, 0) is 4.79 Å². The van der Waals surface area contributed by atoms with Crippen LogP contribution in [0.2, 0.25) is 5.02 Å². The third-order valence-corrected chi connectivity index (χ3v) is 5.60. The van der Waals surface area contributed by atoms with Gasteiger partial charge in [0.2, 0.25) is 0 Å². The maximum atomic E-state index is 12.7. The Bertz CT molecular complexity index is 1170. The van der Waals surface area contributed by atoms with E-state index in [2.05, 4.69) is 5.32 Å². The molecule has 0 aromatic heterocycles. The minimum atomic E-state index is -0.271. The first-order valence-corrected chi connectivity index (χ1v) is 11.3. The first-order chi connectivity index (χ1) is 16.5. The van der Waals surface area contributed by atoms with Gasteiger partial charge < -0.3 is 24.4 Å². The predicted octanol–water partition coefficient (Wildman–Crippen LogP) is 5.19. The van der Waals surface area contributed by atoms with Gasteiger partial charge in [0.05, 0.1) is 19.4 Å². The molecule has 176 valence electrons. The van der Waals surface area contributed by atoms with Crippen molar-refractivity contribution in [1.29, 1.82) is 0 Å². The van der Waals surface area contributed by atoms with Crippen molar-refractivity contribution in [1.82, 2.24) is 0 Å². The van der Waals surface area contributed by atoms with Crippen LogP contribution in [0.1, 0.15) is 23.2 Å². The van der Waals surface area contributed by atoms with Crippen LogP contribution in [0.5, 0.6) is 17.2 Å². The van der Waals surface area contributed by atoms with Crippen LogP contribution in [0, 0.1) is 0 Å². The van der Waals surface area contributed by atoms with Gasteiger partial charge in [0, 0.05) is 22.8 Å². The Morgan fingerprint density at radius 1 is 1.06 bits per heavy atom. The highest BCUT2D eigenvalue weighted by Crippen LogP contribution is 2.35. The third-order valence-electron chi connectivity index (χ3n) is 5.35. The van der Waals surface area contributed by atoms with E-state index in [1.54, 1.807) is 66.6 Å². The molecule has 0 radical (unpaired) electrons. The van der Waals surface area contributed by atoms with Gasteiger partial charge in [-0.25, -0.2) is 0 Å². The lowest BCUT2D eigenvalue weighted by atomic mass is 10.1. The van der Waals surface area contributed by atoms with Crippen molar-refractivity contribution in [2.75, 3.05) is 37.1 Å². The van der Waals surface area contributed by atoms with Crippen LogP contribution in [0.25, 0.3) is 0 Å². The van der Waals surface area contributed by atoms with Crippen molar-refractivity contribution in [3.05, 3.63) is 77.3 Å². The molecule has 0 saturated carbocycles. The Hall–Kier alpha value is -3.71. The molecule has 0 bridgehead atoms. The molecule has 0 spiro atoms. The third kappa shape index (κ3) is 5.80. The molecule has 1 aliphatic rings. The lowest BCUT2D eigenvalue weighted by molar-refractivity contribution is -0.121. The predicted molar refractivity (Wildman–Crippen MR) is 131 cm³/mol. The number of carbonyl (C=O) groups is 2. The average molecular weight is 481 g/mol. The van der Waals surface area contributed by atoms with E-state index >= 15 is 0 Å². The lowest BCUT2D eigenvalue weighted by Crippen LogP contribution is -2.39. The second-order valence-corrected chi connectivity index (χ2v) is 8.15. The zero-order valence-electron chi connectivity index (χ0n) is 18.8. The Balaban J connectivity index is 1.37. The molecule has 7 nitrogen and oxygen atoms in total. The monoisotopic (exact) mass is 480 g/mol. The lowest BCUT2D eigenvalue weighted by Gasteiger charge is -2.30. The molecule has 1 aliphatic heterocycles. The number of unbranched alkanes of at least 4 members (excludes halogenated alkanes) is 1. The molecular formula is C26H25ClN2O5. The second kappa shape index (κ2) is 10.9. The number of ether oxygens (including phenoxy) is 3. The topological polar surface area (TPSA) is 77.1 Å². The molecule has 0 atom stereocenters. The van der Waals surface area contributed by atoms with Crippen LogP contribution < -0.4 is 24.4 Å². The summed E-state index contributed by atoms with van der Waals surface area (Å²) in [5, 5.41) is 3.54. The SMILES string of the molecule is COc1cccc(C(=O)Nc2ccc3c(c2)N(CCCCOc2ccc(Cl)cc2)C(=O)CO3)c1. The zero-order valence-corrected chi connectivity index (χ0v) is 19.5. The van der Waals surface area contributed by atoms with Crippen LogP contribution >= 0.6 is 11.6 Å². The molecule has 0 unspecified atom stereocenters. The summed E-state index contributed by atoms with van der Waals surface area (Å²) in [6.45, 7) is 1.04. The Kier molecular flexibility index (Phi) is 7.54. The van der Waals surface area contributed by atoms with E-state index in [-0.39, 0.29) is 18.4 Å². The molecule has 3 aromatic carbocycles. The number of fused-ring (bicyclic) bond motifs is 1. The van der Waals surface area contributed by atoms with Gasteiger partial charge in [-0.1, -0.05) is 17.7 Å². The first kappa shape index (κ1) is 23.4. The molecule has 0 fully saturated rings. The number of hydrogen-bond donors (Lipinski definition) is 1. The molecule has 34 heavy (non-hydrogen) atoms. The molecule has 2 amide bonds. The van der Waals surface area contributed by atoms with Crippen LogP contribution in [0.15, 0.2) is 66.7 Å². The Morgan fingerprint density at radius 3 is 2.68 bits per heavy atom. The van der Waals surface area contributed by atoms with Crippen molar-refractivity contribution in [2.45, 2.75) is 12.8 Å². The number of anilines is 2. The van der Waals surface area contributed by atoms with Gasteiger partial charge in [-0.2, -0.15) is 0 Å². The van der Waals surface area contributed by atoms with Gasteiger partial charge in [-0.3, -0.25) is 9.59 Å². The summed E-state index contributed by atoms with van der Waals surface area (Å²) in [7, 11) is 1.55. The first-order valence-electron chi connectivity index (χ1n) is 10.9. The van der Waals surface area contributed by atoms with E-state index in [1.165, 1.54) is 0 Å². The highest BCUT2D eigenvalue weighted by atomic mass is 35.5. The van der Waals surface area contributed by atoms with Crippen LogP contribution in [0.3, 0.4) is 0 Å². The molecule has 3 aromatic rings. The summed E-state index contributed by atoms with van der Waals surface area (Å²) in [6.07, 6.45) is 1.52. The summed E-state index contributed by atoms with van der Waals surface area (Å²) < 4.78 is 16.5. The second-order valence-electron chi connectivity index (χ2n) is 7.71. The Labute approximate surface area is 203 Å². The Morgan fingerprint density at radius 2 is 1.88 bits per heavy atom. The quantitative estimate of drug-likeness (QED) is 0.427. The highest BCUT2D eigenvalue weighted by Gasteiger charge is 2.25. The van der Waals surface area contributed by atoms with Crippen LogP contribution in [-0.4, -0.2) is 38.7 Å². The normalized spacial score (nSPS) is 12.5. The number of halogens is 1. The number of rotatable bonds is 9. The number of hydrogen-bond acceptors (Lipinski definition) is 5. The average Bonchev–Trinajstić information content (AvgIpc) is 2.86. The molecule has 0 saturated heterocycles. The number of amides is 2. The van der Waals surface area contributed by atoms with Gasteiger partial charge in [-0.15, -0.1) is 0 Å². The van der Waals surface area contributed by atoms with Gasteiger partial charge in [0.15, 0.2) is 6.61 Å². The molecule has 1 heterocycles. The van der Waals surface area contributed by atoms with Gasteiger partial charge in [0.1, 0.15) is 17.2 Å². The number of nitrogens with one attached hydrogen (secondary N) is 1. The standard InChI is InChI=1S/C26H25ClN2O5/c1-32-22-6-4-5-18(15-22)26(31)28-20-9-12-24-23(16-20)29(25(30)17-34-24)13-2-3-14-33-21-10-7-19(27)8-11-21/h4-12,15-16H,2-3,13-14,17H2,1H3,(H,28,31). The number of carbonyl (C=O) groups excluding carboxylic acids is 2. The van der Waals surface area contributed by atoms with E-state index in [4.69, 9.17) is 25.8 Å². The molecule has 1 N–H and O–H groups in total. The minimum Gasteiger partial charge on any atom is -0.497 e. The maximum Gasteiger partial charge on any atom is 0.265 e. The number of methoxy groups -OCH3 is 1. The fourth-order valence-corrected chi connectivity index (χ4v) is 3.71. The maximum absolute atomic E-state index is 12.7. The van der Waals surface area contributed by atoms with E-state index in [0.717, 1.165) is 18.6 Å². The van der Waals surface area contributed by atoms with Crippen LogP contribution in [0.4, 0.5) is 11.4 Å². The smallest absolute Gasteiger partial charge is 0.265 e. The molecule has 0 aliphatic carbocycles. The number of nitrogens with zero attached hydrogens (tertiary/aromatic N) is 1. The van der Waals surface area contributed by atoms with E-state index in [1.807, 2.05) is 12.1 Å². The minimum absolute atomic E-state index is 0.0101. The van der Waals surface area contributed by atoms with Crippen molar-refractivity contribution in [3.8, 4) is 17.2 Å². The zero-order chi connectivity index (χ0) is 23.9. The summed E-state index contributed by atoms with van der Waals surface area (Å²) in [4.78, 5) is 26.9. The highest BCUT2D eigenvalue weighted by molar-refractivity contribution is 6.30. The fraction of sp³-hybridized carbons (Fsp3) is 0.231. The summed E-state index contributed by atoms with van der Waals surface area (Å²) >= 11 is 5.89. The van der Waals surface area contributed by atoms with Crippen molar-refractivity contribution in [2.24, 2.45) is 0 Å². The van der Waals surface area contributed by atoms with E-state index in [9.17, 15) is 9.59 Å². The number of benzene rings is 3. The van der Waals surface area contributed by atoms with Gasteiger partial charge in [-0.05, 0) is 73.5 Å². The molecular weight excluding hydrogens is 456 g/mol. The largest absolute Gasteiger partial charge is 0.497 e. The fourth-order valence-electron chi connectivity index (χ4n) is 3.59. The summed E-state index contributed by atoms with van der Waals surface area (Å²) in [5.41, 5.74) is 1.68. The van der Waals surface area contributed by atoms with Crippen molar-refractivity contribution < 1.29 is 23.8 Å². The van der Waals surface area contributed by atoms with E-state index in [0.29, 0.717) is 46.6 Å².